The molecule has 9 heteroatoms. The second-order valence-corrected chi connectivity index (χ2v) is 10.2. The number of hydrogen-bond acceptors (Lipinski definition) is 6. The Labute approximate surface area is 208 Å². The normalized spacial score (nSPS) is 15.0. The van der Waals surface area contributed by atoms with Crippen molar-refractivity contribution in [2.24, 2.45) is 0 Å². The van der Waals surface area contributed by atoms with Gasteiger partial charge in [0.25, 0.3) is 0 Å². The number of furan rings is 1. The van der Waals surface area contributed by atoms with Gasteiger partial charge >= 0.3 is 6.09 Å². The molecular weight excluding hydrogens is 466 g/mol. The molecule has 1 aromatic carbocycles. The summed E-state index contributed by atoms with van der Waals surface area (Å²) in [5.74, 6) is 0.847. The second kappa shape index (κ2) is 8.92. The first-order chi connectivity index (χ1) is 16.7. The molecule has 4 aromatic rings. The standard InChI is InChI=1S/C26H28ClN5O3/c1-26(2,3)35-25(33)31-11-9-18(10-12-31)32-15-17(13-30-32)19-14-29-24(28)23-20(19)21(27)22(34-23)16-7-5-4-6-8-16/h4-8,13-15,18H,9-12H2,1-3H3,(H2,28,29). The Morgan fingerprint density at radius 3 is 2.54 bits per heavy atom. The third-order valence-electron chi connectivity index (χ3n) is 6.12. The Kier molecular flexibility index (Phi) is 5.92. The summed E-state index contributed by atoms with van der Waals surface area (Å²) >= 11 is 6.81. The third kappa shape index (κ3) is 4.58. The first-order valence-electron chi connectivity index (χ1n) is 11.7. The number of nitrogen functional groups attached to an aromatic ring is 1. The minimum Gasteiger partial charge on any atom is -0.451 e. The number of aromatic nitrogens is 3. The predicted molar refractivity (Wildman–Crippen MR) is 136 cm³/mol. The fraction of sp³-hybridized carbons (Fsp3) is 0.346. The number of rotatable bonds is 3. The molecule has 0 atom stereocenters. The maximum Gasteiger partial charge on any atom is 0.410 e. The van der Waals surface area contributed by atoms with E-state index in [-0.39, 0.29) is 18.0 Å². The number of nitrogens with two attached hydrogens (primary N) is 1. The van der Waals surface area contributed by atoms with Crippen LogP contribution < -0.4 is 5.73 Å². The van der Waals surface area contributed by atoms with Gasteiger partial charge in [0.05, 0.1) is 22.6 Å². The molecule has 2 N–H and O–H groups in total. The van der Waals surface area contributed by atoms with Gasteiger partial charge in [-0.2, -0.15) is 5.10 Å². The van der Waals surface area contributed by atoms with E-state index in [1.54, 1.807) is 17.3 Å². The molecule has 8 nitrogen and oxygen atoms in total. The molecule has 0 radical (unpaired) electrons. The Bertz CT molecular complexity index is 1370. The van der Waals surface area contributed by atoms with Gasteiger partial charge < -0.3 is 19.8 Å². The molecule has 1 saturated heterocycles. The Hall–Kier alpha value is -3.52. The predicted octanol–water partition coefficient (Wildman–Crippen LogP) is 6.17. The zero-order valence-electron chi connectivity index (χ0n) is 20.0. The fourth-order valence-electron chi connectivity index (χ4n) is 4.40. The summed E-state index contributed by atoms with van der Waals surface area (Å²) < 4.78 is 13.5. The minimum absolute atomic E-state index is 0.180. The average Bonchev–Trinajstić information content (AvgIpc) is 3.45. The van der Waals surface area contributed by atoms with Crippen molar-refractivity contribution in [1.29, 1.82) is 0 Å². The number of likely N-dealkylation sites (tertiary alicyclic amines) is 1. The van der Waals surface area contributed by atoms with Crippen molar-refractivity contribution in [3.05, 3.63) is 53.9 Å². The molecule has 1 fully saturated rings. The van der Waals surface area contributed by atoms with Crippen LogP contribution in [0.15, 0.2) is 53.3 Å². The first kappa shape index (κ1) is 23.2. The van der Waals surface area contributed by atoms with Gasteiger partial charge in [0.2, 0.25) is 0 Å². The summed E-state index contributed by atoms with van der Waals surface area (Å²) in [4.78, 5) is 18.5. The lowest BCUT2D eigenvalue weighted by molar-refractivity contribution is 0.0185. The number of pyridine rings is 1. The number of nitrogens with zero attached hydrogens (tertiary/aromatic N) is 4. The second-order valence-electron chi connectivity index (χ2n) is 9.78. The molecule has 0 unspecified atom stereocenters. The molecule has 0 saturated carbocycles. The summed E-state index contributed by atoms with van der Waals surface area (Å²) in [5.41, 5.74) is 8.64. The minimum atomic E-state index is -0.502. The van der Waals surface area contributed by atoms with E-state index in [1.165, 1.54) is 0 Å². The Balaban J connectivity index is 1.40. The van der Waals surface area contributed by atoms with Crippen LogP contribution in [0.2, 0.25) is 5.02 Å². The summed E-state index contributed by atoms with van der Waals surface area (Å²) in [5, 5.41) is 5.83. The van der Waals surface area contributed by atoms with Crippen molar-refractivity contribution in [3.8, 4) is 22.5 Å². The molecule has 4 heterocycles. The number of fused-ring (bicyclic) bond motifs is 1. The number of anilines is 1. The number of piperidine rings is 1. The van der Waals surface area contributed by atoms with Crippen molar-refractivity contribution >= 4 is 34.5 Å². The van der Waals surface area contributed by atoms with Gasteiger partial charge in [0, 0.05) is 42.2 Å². The fourth-order valence-corrected chi connectivity index (χ4v) is 4.73. The van der Waals surface area contributed by atoms with Crippen LogP contribution in [0.25, 0.3) is 33.4 Å². The van der Waals surface area contributed by atoms with E-state index in [1.807, 2.05) is 62.0 Å². The summed E-state index contributed by atoms with van der Waals surface area (Å²) in [6.45, 7) is 6.87. The highest BCUT2D eigenvalue weighted by Crippen LogP contribution is 2.43. The average molecular weight is 494 g/mol. The van der Waals surface area contributed by atoms with Crippen LogP contribution in [0.3, 0.4) is 0 Å². The van der Waals surface area contributed by atoms with E-state index in [4.69, 9.17) is 26.5 Å². The highest BCUT2D eigenvalue weighted by atomic mass is 35.5. The molecule has 0 bridgehead atoms. The lowest BCUT2D eigenvalue weighted by Crippen LogP contribution is -2.42. The number of hydrogen-bond donors (Lipinski definition) is 1. The van der Waals surface area contributed by atoms with Crippen LogP contribution in [0.4, 0.5) is 10.6 Å². The molecule has 0 aliphatic carbocycles. The maximum absolute atomic E-state index is 12.4. The van der Waals surface area contributed by atoms with Gasteiger partial charge in [-0.25, -0.2) is 9.78 Å². The summed E-state index contributed by atoms with van der Waals surface area (Å²) in [6.07, 6.45) is 6.82. The lowest BCUT2D eigenvalue weighted by Gasteiger charge is -2.33. The monoisotopic (exact) mass is 493 g/mol. The van der Waals surface area contributed by atoms with Crippen LogP contribution >= 0.6 is 11.6 Å². The quantitative estimate of drug-likeness (QED) is 0.366. The molecular formula is C26H28ClN5O3. The molecule has 35 heavy (non-hydrogen) atoms. The number of carbonyl (C=O) groups is 1. The van der Waals surface area contributed by atoms with Gasteiger partial charge in [-0.15, -0.1) is 0 Å². The van der Waals surface area contributed by atoms with Crippen molar-refractivity contribution < 1.29 is 13.9 Å². The van der Waals surface area contributed by atoms with Gasteiger partial charge in [-0.05, 0) is 33.6 Å². The van der Waals surface area contributed by atoms with Crippen LogP contribution in [-0.2, 0) is 4.74 Å². The van der Waals surface area contributed by atoms with Crippen LogP contribution in [-0.4, -0.2) is 44.4 Å². The van der Waals surface area contributed by atoms with Crippen LogP contribution in [0, 0.1) is 0 Å². The number of amides is 1. The number of halogens is 1. The largest absolute Gasteiger partial charge is 0.451 e. The lowest BCUT2D eigenvalue weighted by atomic mass is 10.0. The zero-order chi connectivity index (χ0) is 24.7. The molecule has 0 spiro atoms. The summed E-state index contributed by atoms with van der Waals surface area (Å²) in [7, 11) is 0. The van der Waals surface area contributed by atoms with E-state index >= 15 is 0 Å². The van der Waals surface area contributed by atoms with E-state index in [0.29, 0.717) is 29.5 Å². The highest BCUT2D eigenvalue weighted by Gasteiger charge is 2.28. The van der Waals surface area contributed by atoms with E-state index < -0.39 is 5.60 Å². The highest BCUT2D eigenvalue weighted by molar-refractivity contribution is 6.39. The number of benzene rings is 1. The van der Waals surface area contributed by atoms with Crippen molar-refractivity contribution in [1.82, 2.24) is 19.7 Å². The SMILES string of the molecule is CC(C)(C)OC(=O)N1CCC(n2cc(-c3cnc(N)c4oc(-c5ccccc5)c(Cl)c34)cn2)CC1. The van der Waals surface area contributed by atoms with Gasteiger partial charge in [0.1, 0.15) is 5.60 Å². The maximum atomic E-state index is 12.4. The van der Waals surface area contributed by atoms with Gasteiger partial charge in [0.15, 0.2) is 17.2 Å². The molecule has 182 valence electrons. The molecule has 1 aliphatic rings. The van der Waals surface area contributed by atoms with Crippen LogP contribution in [0.1, 0.15) is 39.7 Å². The third-order valence-corrected chi connectivity index (χ3v) is 6.48. The first-order valence-corrected chi connectivity index (χ1v) is 12.0. The number of carbonyl (C=O) groups excluding carboxylic acids is 1. The van der Waals surface area contributed by atoms with Gasteiger partial charge in [-0.1, -0.05) is 41.9 Å². The Morgan fingerprint density at radius 1 is 1.14 bits per heavy atom. The van der Waals surface area contributed by atoms with Crippen LogP contribution in [0.5, 0.6) is 0 Å². The van der Waals surface area contributed by atoms with Crippen molar-refractivity contribution in [2.45, 2.75) is 45.3 Å². The van der Waals surface area contributed by atoms with Crippen molar-refractivity contribution in [2.75, 3.05) is 18.8 Å². The van der Waals surface area contributed by atoms with Crippen molar-refractivity contribution in [3.63, 3.8) is 0 Å². The number of ether oxygens (including phenoxy) is 1. The zero-order valence-corrected chi connectivity index (χ0v) is 20.7. The van der Waals surface area contributed by atoms with E-state index in [0.717, 1.165) is 34.9 Å². The van der Waals surface area contributed by atoms with Gasteiger partial charge in [-0.3, -0.25) is 4.68 Å². The van der Waals surface area contributed by atoms with E-state index in [2.05, 4.69) is 10.1 Å². The Morgan fingerprint density at radius 2 is 1.86 bits per heavy atom. The summed E-state index contributed by atoms with van der Waals surface area (Å²) in [6, 6.07) is 9.86. The molecule has 1 amide bonds. The smallest absolute Gasteiger partial charge is 0.410 e. The molecule has 3 aromatic heterocycles. The molecule has 1 aliphatic heterocycles. The topological polar surface area (TPSA) is 99.4 Å². The van der Waals surface area contributed by atoms with E-state index in [9.17, 15) is 4.79 Å². The molecule has 5 rings (SSSR count).